The maximum absolute atomic E-state index is 11.2. The van der Waals surface area contributed by atoms with E-state index in [2.05, 4.69) is 4.74 Å². The molecule has 0 amide bonds. The first-order chi connectivity index (χ1) is 12.6. The summed E-state index contributed by atoms with van der Waals surface area (Å²) in [5, 5.41) is 0. The van der Waals surface area contributed by atoms with E-state index in [-0.39, 0.29) is 36.9 Å². The van der Waals surface area contributed by atoms with Gasteiger partial charge in [-0.25, -0.2) is 4.79 Å². The topological polar surface area (TPSA) is 96.1 Å². The third-order valence-corrected chi connectivity index (χ3v) is 3.82. The maximum Gasteiger partial charge on any atom is 0.332 e. The third kappa shape index (κ3) is 13.0. The highest BCUT2D eigenvalue weighted by Gasteiger charge is 2.35. The van der Waals surface area contributed by atoms with Crippen molar-refractivity contribution in [3.8, 4) is 0 Å². The zero-order chi connectivity index (χ0) is 19.2. The van der Waals surface area contributed by atoms with Crippen molar-refractivity contribution in [1.82, 2.24) is 0 Å². The zero-order valence-corrected chi connectivity index (χ0v) is 16.1. The van der Waals surface area contributed by atoms with Crippen LogP contribution in [-0.4, -0.2) is 77.5 Å². The van der Waals surface area contributed by atoms with Crippen molar-refractivity contribution in [2.45, 2.75) is 57.3 Å². The van der Waals surface area contributed by atoms with Crippen LogP contribution in [0.5, 0.6) is 0 Å². The molecule has 0 radical (unpaired) electrons. The van der Waals surface area contributed by atoms with E-state index >= 15 is 0 Å². The molecule has 3 unspecified atom stereocenters. The Hall–Kier alpha value is -1.22. The molecular weight excluding hydrogens is 344 g/mol. The second-order valence-corrected chi connectivity index (χ2v) is 6.29. The number of esters is 2. The highest BCUT2D eigenvalue weighted by Crippen LogP contribution is 2.20. The lowest BCUT2D eigenvalue weighted by atomic mass is 10.1. The predicted molar refractivity (Wildman–Crippen MR) is 92.8 cm³/mol. The van der Waals surface area contributed by atoms with Crippen molar-refractivity contribution in [2.75, 3.05) is 47.3 Å². The molecule has 152 valence electrons. The SMILES string of the molecule is COCC(=O)OCC1OC1C.COCCCCCCC(=O)OCC1CO1. The Kier molecular flexibility index (Phi) is 12.2. The van der Waals surface area contributed by atoms with Crippen molar-refractivity contribution in [1.29, 1.82) is 0 Å². The van der Waals surface area contributed by atoms with E-state index in [1.165, 1.54) is 7.11 Å². The summed E-state index contributed by atoms with van der Waals surface area (Å²) in [6.45, 7) is 4.29. The summed E-state index contributed by atoms with van der Waals surface area (Å²) in [6, 6.07) is 0. The molecule has 0 aromatic rings. The number of methoxy groups -OCH3 is 2. The average molecular weight is 376 g/mol. The van der Waals surface area contributed by atoms with Crippen LogP contribution in [0.3, 0.4) is 0 Å². The fourth-order valence-electron chi connectivity index (χ4n) is 2.03. The first kappa shape index (κ1) is 22.8. The molecule has 26 heavy (non-hydrogen) atoms. The number of carbonyl (C=O) groups excluding carboxylic acids is 2. The Balaban J connectivity index is 0.000000273. The first-order valence-electron chi connectivity index (χ1n) is 9.13. The lowest BCUT2D eigenvalue weighted by Gasteiger charge is -2.02. The van der Waals surface area contributed by atoms with Gasteiger partial charge in [-0.1, -0.05) is 12.8 Å². The summed E-state index contributed by atoms with van der Waals surface area (Å²) in [5.41, 5.74) is 0. The molecule has 0 bridgehead atoms. The first-order valence-corrected chi connectivity index (χ1v) is 9.13. The lowest BCUT2D eigenvalue weighted by molar-refractivity contribution is -0.148. The fraction of sp³-hybridized carbons (Fsp3) is 0.889. The summed E-state index contributed by atoms with van der Waals surface area (Å²) >= 11 is 0. The Bertz CT molecular complexity index is 397. The molecule has 2 aliphatic heterocycles. The van der Waals surface area contributed by atoms with Gasteiger partial charge in [-0.3, -0.25) is 4.79 Å². The maximum atomic E-state index is 11.2. The Morgan fingerprint density at radius 2 is 1.62 bits per heavy atom. The van der Waals surface area contributed by atoms with Crippen molar-refractivity contribution < 1.29 is 38.0 Å². The van der Waals surface area contributed by atoms with Gasteiger partial charge in [0, 0.05) is 27.2 Å². The molecule has 2 aliphatic rings. The zero-order valence-electron chi connectivity index (χ0n) is 16.1. The molecule has 0 spiro atoms. The highest BCUT2D eigenvalue weighted by atomic mass is 16.6. The van der Waals surface area contributed by atoms with Crippen LogP contribution in [0.1, 0.15) is 39.0 Å². The molecule has 0 aromatic carbocycles. The van der Waals surface area contributed by atoms with Gasteiger partial charge in [-0.2, -0.15) is 0 Å². The van der Waals surface area contributed by atoms with Crippen LogP contribution in [0.2, 0.25) is 0 Å². The molecule has 0 N–H and O–H groups in total. The van der Waals surface area contributed by atoms with Crippen LogP contribution in [0.4, 0.5) is 0 Å². The largest absolute Gasteiger partial charge is 0.463 e. The molecule has 2 fully saturated rings. The number of hydrogen-bond donors (Lipinski definition) is 0. The van der Waals surface area contributed by atoms with Crippen molar-refractivity contribution >= 4 is 11.9 Å². The van der Waals surface area contributed by atoms with E-state index in [0.29, 0.717) is 19.6 Å². The number of rotatable bonds is 13. The van der Waals surface area contributed by atoms with Crippen LogP contribution in [0, 0.1) is 0 Å². The van der Waals surface area contributed by atoms with Gasteiger partial charge in [0.25, 0.3) is 0 Å². The van der Waals surface area contributed by atoms with Crippen molar-refractivity contribution in [3.05, 3.63) is 0 Å². The molecule has 2 rings (SSSR count). The van der Waals surface area contributed by atoms with Gasteiger partial charge >= 0.3 is 11.9 Å². The fourth-order valence-corrected chi connectivity index (χ4v) is 2.03. The number of hydrogen-bond acceptors (Lipinski definition) is 8. The number of ether oxygens (including phenoxy) is 6. The van der Waals surface area contributed by atoms with Gasteiger partial charge in [0.05, 0.1) is 12.7 Å². The summed E-state index contributed by atoms with van der Waals surface area (Å²) in [6.07, 6.45) is 5.22. The van der Waals surface area contributed by atoms with Crippen molar-refractivity contribution in [3.63, 3.8) is 0 Å². The van der Waals surface area contributed by atoms with Crippen LogP contribution in [0.15, 0.2) is 0 Å². The monoisotopic (exact) mass is 376 g/mol. The van der Waals surface area contributed by atoms with Gasteiger partial charge in [-0.05, 0) is 19.8 Å². The molecule has 2 saturated heterocycles. The second-order valence-electron chi connectivity index (χ2n) is 6.29. The molecular formula is C18H32O8. The Morgan fingerprint density at radius 3 is 2.19 bits per heavy atom. The molecule has 0 aromatic heterocycles. The van der Waals surface area contributed by atoms with Gasteiger partial charge in [-0.15, -0.1) is 0 Å². The van der Waals surface area contributed by atoms with E-state index in [9.17, 15) is 9.59 Å². The quantitative estimate of drug-likeness (QED) is 0.271. The normalized spacial score (nSPS) is 22.8. The number of unbranched alkanes of at least 4 members (excludes halogenated alkanes) is 3. The molecule has 8 nitrogen and oxygen atoms in total. The lowest BCUT2D eigenvalue weighted by Crippen LogP contribution is -2.15. The minimum absolute atomic E-state index is 0.0150. The van der Waals surface area contributed by atoms with Crippen molar-refractivity contribution in [2.24, 2.45) is 0 Å². The highest BCUT2D eigenvalue weighted by molar-refractivity contribution is 5.70. The summed E-state index contributed by atoms with van der Waals surface area (Å²) in [5.74, 6) is -0.438. The van der Waals surface area contributed by atoms with E-state index in [1.54, 1.807) is 7.11 Å². The van der Waals surface area contributed by atoms with Gasteiger partial charge in [0.15, 0.2) is 0 Å². The third-order valence-electron chi connectivity index (χ3n) is 3.82. The summed E-state index contributed by atoms with van der Waals surface area (Å²) < 4.78 is 29.3. The van der Waals surface area contributed by atoms with E-state index in [1.807, 2.05) is 6.92 Å². The molecule has 3 atom stereocenters. The average Bonchev–Trinajstić information content (AvgIpc) is 3.53. The van der Waals surface area contributed by atoms with Gasteiger partial charge in [0.2, 0.25) is 0 Å². The summed E-state index contributed by atoms with van der Waals surface area (Å²) in [4.78, 5) is 21.8. The van der Waals surface area contributed by atoms with E-state index < -0.39 is 0 Å². The minimum Gasteiger partial charge on any atom is -0.463 e. The van der Waals surface area contributed by atoms with Gasteiger partial charge < -0.3 is 28.4 Å². The minimum atomic E-state index is -0.338. The summed E-state index contributed by atoms with van der Waals surface area (Å²) in [7, 11) is 3.16. The standard InChI is InChI=1S/C11H20O4.C7H12O4/c1-13-7-5-3-2-4-6-11(12)15-9-10-8-14-10;1-5-6(11-5)3-10-7(8)4-9-2/h10H,2-9H2,1H3;5-6H,3-4H2,1-2H3. The second kappa shape index (κ2) is 13.9. The molecule has 0 saturated carbocycles. The van der Waals surface area contributed by atoms with Crippen LogP contribution in [0.25, 0.3) is 0 Å². The predicted octanol–water partition coefficient (Wildman–Crippen LogP) is 1.49. The van der Waals surface area contributed by atoms with Crippen LogP contribution >= 0.6 is 0 Å². The van der Waals surface area contributed by atoms with Crippen LogP contribution < -0.4 is 0 Å². The van der Waals surface area contributed by atoms with Crippen LogP contribution in [-0.2, 0) is 38.0 Å². The molecule has 8 heteroatoms. The van der Waals surface area contributed by atoms with Gasteiger partial charge in [0.1, 0.15) is 32.0 Å². The molecule has 0 aliphatic carbocycles. The smallest absolute Gasteiger partial charge is 0.332 e. The van der Waals surface area contributed by atoms with E-state index in [0.717, 1.165) is 38.9 Å². The number of epoxide rings is 2. The Morgan fingerprint density at radius 1 is 0.962 bits per heavy atom. The van der Waals surface area contributed by atoms with E-state index in [4.69, 9.17) is 23.7 Å². The Labute approximate surface area is 155 Å². The molecule has 2 heterocycles. The number of carbonyl (C=O) groups is 2.